The van der Waals surface area contributed by atoms with Crippen LogP contribution in [-0.2, 0) is 6.42 Å². The van der Waals surface area contributed by atoms with Crippen molar-refractivity contribution in [2.24, 2.45) is 5.73 Å². The first-order valence-electron chi connectivity index (χ1n) is 6.41. The molecule has 0 atom stereocenters. The summed E-state index contributed by atoms with van der Waals surface area (Å²) in [6.07, 6.45) is 3.16. The lowest BCUT2D eigenvalue weighted by Crippen LogP contribution is -2.29. The molecule has 0 saturated carbocycles. The van der Waals surface area contributed by atoms with Crippen LogP contribution in [0.1, 0.15) is 29.9 Å². The fourth-order valence-electron chi connectivity index (χ4n) is 2.57. The van der Waals surface area contributed by atoms with Gasteiger partial charge in [0.25, 0.3) is 0 Å². The molecule has 17 heavy (non-hydrogen) atoms. The Hall–Kier alpha value is -1.06. The van der Waals surface area contributed by atoms with Gasteiger partial charge in [-0.2, -0.15) is 0 Å². The van der Waals surface area contributed by atoms with Crippen molar-refractivity contribution in [1.82, 2.24) is 4.90 Å². The highest BCUT2D eigenvalue weighted by Gasteiger charge is 2.20. The van der Waals surface area contributed by atoms with Gasteiger partial charge in [0.1, 0.15) is 5.75 Å². The summed E-state index contributed by atoms with van der Waals surface area (Å²) in [6.45, 7) is 2.90. The summed E-state index contributed by atoms with van der Waals surface area (Å²) in [4.78, 5) is 2.34. The van der Waals surface area contributed by atoms with Crippen molar-refractivity contribution in [2.45, 2.75) is 25.2 Å². The molecule has 94 valence electrons. The fraction of sp³-hybridized carbons (Fsp3) is 0.571. The minimum Gasteiger partial charge on any atom is -0.508 e. The Bertz CT molecular complexity index is 370. The number of phenolic OH excluding ortho intramolecular Hbond substituents is 1. The van der Waals surface area contributed by atoms with Crippen LogP contribution in [0.25, 0.3) is 0 Å². The largest absolute Gasteiger partial charge is 0.508 e. The molecule has 2 rings (SSSR count). The monoisotopic (exact) mass is 234 g/mol. The van der Waals surface area contributed by atoms with Crippen LogP contribution in [0.4, 0.5) is 0 Å². The maximum absolute atomic E-state index is 9.98. The summed E-state index contributed by atoms with van der Waals surface area (Å²) in [7, 11) is 2.15. The molecule has 1 aliphatic rings. The number of rotatable bonds is 3. The molecule has 3 nitrogen and oxygen atoms in total. The van der Waals surface area contributed by atoms with Crippen LogP contribution in [0.2, 0.25) is 0 Å². The lowest BCUT2D eigenvalue weighted by atomic mass is 9.88. The highest BCUT2D eigenvalue weighted by atomic mass is 16.3. The molecule has 3 heteroatoms. The van der Waals surface area contributed by atoms with Crippen LogP contribution in [0.3, 0.4) is 0 Å². The SMILES string of the molecule is CN1CCC(c2cc(CCN)ccc2O)CC1. The number of nitrogens with two attached hydrogens (primary N) is 1. The third-order valence-electron chi connectivity index (χ3n) is 3.68. The van der Waals surface area contributed by atoms with E-state index in [2.05, 4.69) is 18.0 Å². The van der Waals surface area contributed by atoms with Gasteiger partial charge >= 0.3 is 0 Å². The van der Waals surface area contributed by atoms with Gasteiger partial charge < -0.3 is 15.7 Å². The molecule has 1 aliphatic heterocycles. The number of piperidine rings is 1. The summed E-state index contributed by atoms with van der Waals surface area (Å²) in [5.74, 6) is 0.948. The van der Waals surface area contributed by atoms with Crippen molar-refractivity contribution < 1.29 is 5.11 Å². The van der Waals surface area contributed by atoms with Crippen molar-refractivity contribution in [1.29, 1.82) is 0 Å². The summed E-state index contributed by atoms with van der Waals surface area (Å²) in [5, 5.41) is 9.98. The molecule has 0 unspecified atom stereocenters. The van der Waals surface area contributed by atoms with E-state index in [-0.39, 0.29) is 0 Å². The van der Waals surface area contributed by atoms with Crippen molar-refractivity contribution in [3.8, 4) is 5.75 Å². The first kappa shape index (κ1) is 12.4. The predicted molar refractivity (Wildman–Crippen MR) is 70.3 cm³/mol. The second kappa shape index (κ2) is 5.52. The van der Waals surface area contributed by atoms with E-state index in [1.807, 2.05) is 12.1 Å². The van der Waals surface area contributed by atoms with Crippen LogP contribution in [-0.4, -0.2) is 36.7 Å². The Labute approximate surface area is 103 Å². The normalized spacial score (nSPS) is 18.5. The van der Waals surface area contributed by atoms with Gasteiger partial charge in [0.15, 0.2) is 0 Å². The third kappa shape index (κ3) is 2.99. The van der Waals surface area contributed by atoms with Gasteiger partial charge in [-0.1, -0.05) is 12.1 Å². The van der Waals surface area contributed by atoms with E-state index in [4.69, 9.17) is 5.73 Å². The number of likely N-dealkylation sites (tertiary alicyclic amines) is 1. The summed E-state index contributed by atoms with van der Waals surface area (Å²) >= 11 is 0. The Morgan fingerprint density at radius 1 is 1.35 bits per heavy atom. The number of aromatic hydroxyl groups is 1. The minimum atomic E-state index is 0.445. The molecule has 1 heterocycles. The van der Waals surface area contributed by atoms with Crippen LogP contribution in [0.5, 0.6) is 5.75 Å². The van der Waals surface area contributed by atoms with E-state index in [1.54, 1.807) is 0 Å². The van der Waals surface area contributed by atoms with Gasteiger partial charge in [-0.15, -0.1) is 0 Å². The van der Waals surface area contributed by atoms with Gasteiger partial charge in [0.2, 0.25) is 0 Å². The van der Waals surface area contributed by atoms with E-state index in [1.165, 1.54) is 5.56 Å². The Morgan fingerprint density at radius 3 is 2.71 bits per heavy atom. The summed E-state index contributed by atoms with van der Waals surface area (Å²) in [5.41, 5.74) is 7.93. The Balaban J connectivity index is 2.15. The maximum atomic E-state index is 9.98. The summed E-state index contributed by atoms with van der Waals surface area (Å²) in [6, 6.07) is 5.93. The zero-order chi connectivity index (χ0) is 12.3. The first-order valence-corrected chi connectivity index (χ1v) is 6.41. The molecule has 1 aromatic rings. The van der Waals surface area contributed by atoms with E-state index >= 15 is 0 Å². The van der Waals surface area contributed by atoms with Crippen molar-refractivity contribution in [2.75, 3.05) is 26.7 Å². The average molecular weight is 234 g/mol. The Morgan fingerprint density at radius 2 is 2.06 bits per heavy atom. The predicted octanol–water partition coefficient (Wildman–Crippen LogP) is 1.70. The van der Waals surface area contributed by atoms with Crippen LogP contribution < -0.4 is 5.73 Å². The maximum Gasteiger partial charge on any atom is 0.119 e. The first-order chi connectivity index (χ1) is 8.20. The molecule has 3 N–H and O–H groups in total. The highest BCUT2D eigenvalue weighted by Crippen LogP contribution is 2.34. The lowest BCUT2D eigenvalue weighted by molar-refractivity contribution is 0.253. The fourth-order valence-corrected chi connectivity index (χ4v) is 2.57. The van der Waals surface area contributed by atoms with Crippen molar-refractivity contribution in [3.63, 3.8) is 0 Å². The number of hydrogen-bond acceptors (Lipinski definition) is 3. The molecule has 0 aromatic heterocycles. The Kier molecular flexibility index (Phi) is 4.02. The van der Waals surface area contributed by atoms with Gasteiger partial charge in [0, 0.05) is 0 Å². The number of benzene rings is 1. The quantitative estimate of drug-likeness (QED) is 0.837. The second-order valence-electron chi connectivity index (χ2n) is 5.01. The van der Waals surface area contributed by atoms with Gasteiger partial charge in [-0.05, 0) is 69.1 Å². The van der Waals surface area contributed by atoms with E-state index in [9.17, 15) is 5.11 Å². The van der Waals surface area contributed by atoms with Gasteiger partial charge in [-0.25, -0.2) is 0 Å². The molecule has 0 amide bonds. The smallest absolute Gasteiger partial charge is 0.119 e. The molecule has 1 aromatic carbocycles. The molecule has 1 saturated heterocycles. The van der Waals surface area contributed by atoms with Crippen LogP contribution in [0.15, 0.2) is 18.2 Å². The minimum absolute atomic E-state index is 0.445. The molecular weight excluding hydrogens is 212 g/mol. The van der Waals surface area contributed by atoms with E-state index < -0.39 is 0 Å². The average Bonchev–Trinajstić information content (AvgIpc) is 2.33. The van der Waals surface area contributed by atoms with Crippen LogP contribution >= 0.6 is 0 Å². The zero-order valence-corrected chi connectivity index (χ0v) is 10.5. The van der Waals surface area contributed by atoms with Gasteiger partial charge in [0.05, 0.1) is 0 Å². The zero-order valence-electron chi connectivity index (χ0n) is 10.5. The molecule has 1 fully saturated rings. The molecule has 0 radical (unpaired) electrons. The van der Waals surface area contributed by atoms with Crippen molar-refractivity contribution in [3.05, 3.63) is 29.3 Å². The number of phenols is 1. The van der Waals surface area contributed by atoms with E-state index in [0.29, 0.717) is 18.2 Å². The summed E-state index contributed by atoms with van der Waals surface area (Å²) < 4.78 is 0. The van der Waals surface area contributed by atoms with Gasteiger partial charge in [-0.3, -0.25) is 0 Å². The van der Waals surface area contributed by atoms with Crippen molar-refractivity contribution >= 4 is 0 Å². The number of hydrogen-bond donors (Lipinski definition) is 2. The second-order valence-corrected chi connectivity index (χ2v) is 5.01. The molecule has 0 aliphatic carbocycles. The highest BCUT2D eigenvalue weighted by molar-refractivity contribution is 5.39. The number of nitrogens with zero attached hydrogens (tertiary/aromatic N) is 1. The van der Waals surface area contributed by atoms with Crippen LogP contribution in [0, 0.1) is 0 Å². The standard InChI is InChI=1S/C14H22N2O/c1-16-8-5-12(6-9-16)13-10-11(4-7-15)2-3-14(13)17/h2-3,10,12,17H,4-9,15H2,1H3. The molecule has 0 bridgehead atoms. The lowest BCUT2D eigenvalue weighted by Gasteiger charge is -2.29. The topological polar surface area (TPSA) is 49.5 Å². The molecular formula is C14H22N2O. The third-order valence-corrected chi connectivity index (χ3v) is 3.68. The molecule has 0 spiro atoms. The van der Waals surface area contributed by atoms with E-state index in [0.717, 1.165) is 37.9 Å².